The zero-order chi connectivity index (χ0) is 11.4. The molecule has 1 N–H and O–H groups in total. The molecule has 80 valence electrons. The summed E-state index contributed by atoms with van der Waals surface area (Å²) in [6.45, 7) is 3.90. The van der Waals surface area contributed by atoms with Crippen LogP contribution in [-0.2, 0) is 0 Å². The molecule has 1 rings (SSSR count). The highest BCUT2D eigenvalue weighted by atomic mass is 79.9. The quantitative estimate of drug-likeness (QED) is 0.825. The maximum atomic E-state index is 13.3. The summed E-state index contributed by atoms with van der Waals surface area (Å²) in [5.41, 5.74) is 1.72. The Morgan fingerprint density at radius 1 is 1.60 bits per heavy atom. The average Bonchev–Trinajstić information content (AvgIpc) is 2.21. The van der Waals surface area contributed by atoms with Crippen molar-refractivity contribution in [3.05, 3.63) is 28.0 Å². The molecule has 0 aliphatic heterocycles. The van der Waals surface area contributed by atoms with Gasteiger partial charge in [0.15, 0.2) is 0 Å². The fourth-order valence-electron chi connectivity index (χ4n) is 1.25. The van der Waals surface area contributed by atoms with E-state index in [4.69, 9.17) is 6.42 Å². The minimum atomic E-state index is -0.282. The second kappa shape index (κ2) is 5.18. The predicted octanol–water partition coefficient (Wildman–Crippen LogP) is 3.72. The van der Waals surface area contributed by atoms with Crippen molar-refractivity contribution >= 4 is 21.6 Å². The summed E-state index contributed by atoms with van der Waals surface area (Å²) in [6, 6.07) is 3.14. The molecule has 0 aliphatic rings. The van der Waals surface area contributed by atoms with E-state index in [2.05, 4.69) is 27.2 Å². The zero-order valence-electron chi connectivity index (χ0n) is 8.77. The number of terminal acetylenes is 1. The van der Waals surface area contributed by atoms with Gasteiger partial charge in [0, 0.05) is 5.69 Å². The number of rotatable bonds is 3. The summed E-state index contributed by atoms with van der Waals surface area (Å²) in [7, 11) is 0. The lowest BCUT2D eigenvalue weighted by atomic mass is 10.1. The van der Waals surface area contributed by atoms with Crippen molar-refractivity contribution in [2.75, 3.05) is 5.32 Å². The van der Waals surface area contributed by atoms with E-state index in [1.807, 2.05) is 13.8 Å². The lowest BCUT2D eigenvalue weighted by Crippen LogP contribution is -2.16. The smallest absolute Gasteiger partial charge is 0.139 e. The van der Waals surface area contributed by atoms with Crippen molar-refractivity contribution in [3.63, 3.8) is 0 Å². The summed E-state index contributed by atoms with van der Waals surface area (Å²) >= 11 is 3.14. The lowest BCUT2D eigenvalue weighted by Gasteiger charge is -2.15. The fraction of sp³-hybridized carbons (Fsp3) is 0.333. The molecule has 0 fully saturated rings. The molecule has 0 saturated carbocycles. The number of aryl methyl sites for hydroxylation is 1. The van der Waals surface area contributed by atoms with Gasteiger partial charge in [-0.25, -0.2) is 4.39 Å². The van der Waals surface area contributed by atoms with Crippen molar-refractivity contribution in [2.45, 2.75) is 26.3 Å². The van der Waals surface area contributed by atoms with Crippen LogP contribution in [0.2, 0.25) is 0 Å². The van der Waals surface area contributed by atoms with Crippen LogP contribution in [0, 0.1) is 25.1 Å². The molecular weight excluding hydrogens is 257 g/mol. The number of anilines is 1. The topological polar surface area (TPSA) is 12.0 Å². The van der Waals surface area contributed by atoms with Crippen LogP contribution in [0.3, 0.4) is 0 Å². The number of hydrogen-bond donors (Lipinski definition) is 1. The largest absolute Gasteiger partial charge is 0.371 e. The Bertz CT molecular complexity index is 395. The SMILES string of the molecule is C#CC(CC)Nc1cc(F)c(Br)cc1C. The van der Waals surface area contributed by atoms with Crippen molar-refractivity contribution in [3.8, 4) is 12.3 Å². The number of halogens is 2. The van der Waals surface area contributed by atoms with Crippen LogP contribution in [0.15, 0.2) is 16.6 Å². The minimum Gasteiger partial charge on any atom is -0.371 e. The molecule has 0 bridgehead atoms. The maximum Gasteiger partial charge on any atom is 0.139 e. The van der Waals surface area contributed by atoms with Crippen LogP contribution in [0.25, 0.3) is 0 Å². The summed E-state index contributed by atoms with van der Waals surface area (Å²) in [5.74, 6) is 2.33. The molecule has 1 aromatic rings. The van der Waals surface area contributed by atoms with Gasteiger partial charge in [-0.15, -0.1) is 6.42 Å². The summed E-state index contributed by atoms with van der Waals surface area (Å²) < 4.78 is 13.8. The van der Waals surface area contributed by atoms with Crippen molar-refractivity contribution in [1.29, 1.82) is 0 Å². The van der Waals surface area contributed by atoms with Gasteiger partial charge >= 0.3 is 0 Å². The third kappa shape index (κ3) is 2.97. The van der Waals surface area contributed by atoms with Crippen LogP contribution in [-0.4, -0.2) is 6.04 Å². The number of hydrogen-bond acceptors (Lipinski definition) is 1. The zero-order valence-corrected chi connectivity index (χ0v) is 10.4. The van der Waals surface area contributed by atoms with Crippen LogP contribution in [0.4, 0.5) is 10.1 Å². The first kappa shape index (κ1) is 12.1. The molecule has 1 unspecified atom stereocenters. The van der Waals surface area contributed by atoms with Crippen LogP contribution < -0.4 is 5.32 Å². The van der Waals surface area contributed by atoms with Crippen molar-refractivity contribution in [2.24, 2.45) is 0 Å². The Balaban J connectivity index is 2.96. The number of nitrogens with one attached hydrogen (secondary N) is 1. The van der Waals surface area contributed by atoms with Gasteiger partial charge in [-0.1, -0.05) is 12.8 Å². The third-order valence-electron chi connectivity index (χ3n) is 2.21. The minimum absolute atomic E-state index is 0.0516. The molecule has 1 nitrogen and oxygen atoms in total. The fourth-order valence-corrected chi connectivity index (χ4v) is 1.71. The maximum absolute atomic E-state index is 13.3. The van der Waals surface area contributed by atoms with Gasteiger partial charge in [0.2, 0.25) is 0 Å². The lowest BCUT2D eigenvalue weighted by molar-refractivity contribution is 0.621. The first-order valence-electron chi connectivity index (χ1n) is 4.76. The van der Waals surface area contributed by atoms with E-state index in [0.29, 0.717) is 4.47 Å². The molecule has 0 heterocycles. The highest BCUT2D eigenvalue weighted by molar-refractivity contribution is 9.10. The summed E-state index contributed by atoms with van der Waals surface area (Å²) in [4.78, 5) is 0. The molecule has 0 saturated heterocycles. The highest BCUT2D eigenvalue weighted by Gasteiger charge is 2.08. The summed E-state index contributed by atoms with van der Waals surface area (Å²) in [5, 5.41) is 3.12. The van der Waals surface area contributed by atoms with Gasteiger partial charge < -0.3 is 5.32 Å². The molecule has 3 heteroatoms. The van der Waals surface area contributed by atoms with Gasteiger partial charge in [-0.2, -0.15) is 0 Å². The molecule has 0 amide bonds. The Kier molecular flexibility index (Phi) is 4.16. The first-order chi connectivity index (χ1) is 7.08. The summed E-state index contributed by atoms with van der Waals surface area (Å²) in [6.07, 6.45) is 6.15. The molecule has 0 aromatic heterocycles. The van der Waals surface area contributed by atoms with Crippen LogP contribution >= 0.6 is 15.9 Å². The van der Waals surface area contributed by atoms with E-state index in [9.17, 15) is 4.39 Å². The third-order valence-corrected chi connectivity index (χ3v) is 2.81. The van der Waals surface area contributed by atoms with Crippen LogP contribution in [0.5, 0.6) is 0 Å². The monoisotopic (exact) mass is 269 g/mol. The normalized spacial score (nSPS) is 11.9. The van der Waals surface area contributed by atoms with E-state index < -0.39 is 0 Å². The Labute approximate surface area is 98.2 Å². The molecule has 0 spiro atoms. The van der Waals surface area contributed by atoms with Gasteiger partial charge in [-0.3, -0.25) is 0 Å². The highest BCUT2D eigenvalue weighted by Crippen LogP contribution is 2.24. The Hall–Kier alpha value is -1.01. The van der Waals surface area contributed by atoms with E-state index in [0.717, 1.165) is 17.7 Å². The van der Waals surface area contributed by atoms with Gasteiger partial charge in [0.1, 0.15) is 5.82 Å². The predicted molar refractivity (Wildman–Crippen MR) is 65.4 cm³/mol. The van der Waals surface area contributed by atoms with Crippen molar-refractivity contribution in [1.82, 2.24) is 0 Å². The Morgan fingerprint density at radius 2 is 2.27 bits per heavy atom. The molecule has 0 aliphatic carbocycles. The first-order valence-corrected chi connectivity index (χ1v) is 5.56. The van der Waals surface area contributed by atoms with E-state index in [1.165, 1.54) is 6.07 Å². The second-order valence-electron chi connectivity index (χ2n) is 3.35. The average molecular weight is 270 g/mol. The molecule has 1 aromatic carbocycles. The van der Waals surface area contributed by atoms with Crippen LogP contribution in [0.1, 0.15) is 18.9 Å². The molecule has 15 heavy (non-hydrogen) atoms. The molecule has 0 radical (unpaired) electrons. The second-order valence-corrected chi connectivity index (χ2v) is 4.21. The van der Waals surface area contributed by atoms with E-state index in [-0.39, 0.29) is 11.9 Å². The standard InChI is InChI=1S/C12H13BrFN/c1-4-9(5-2)15-12-7-11(14)10(13)6-8(12)3/h1,6-7,9,15H,5H2,2-3H3. The van der Waals surface area contributed by atoms with E-state index >= 15 is 0 Å². The molecule has 1 atom stereocenters. The van der Waals surface area contributed by atoms with E-state index in [1.54, 1.807) is 6.07 Å². The van der Waals surface area contributed by atoms with Gasteiger partial charge in [-0.05, 0) is 47.0 Å². The van der Waals surface area contributed by atoms with Crippen molar-refractivity contribution < 1.29 is 4.39 Å². The Morgan fingerprint density at radius 3 is 2.80 bits per heavy atom. The molecular formula is C12H13BrFN. The number of benzene rings is 1. The van der Waals surface area contributed by atoms with Gasteiger partial charge in [0.05, 0.1) is 10.5 Å². The van der Waals surface area contributed by atoms with Gasteiger partial charge in [0.25, 0.3) is 0 Å².